The summed E-state index contributed by atoms with van der Waals surface area (Å²) >= 11 is 0. The number of ether oxygens (including phenoxy) is 1. The van der Waals surface area contributed by atoms with E-state index in [0.29, 0.717) is 30.9 Å². The van der Waals surface area contributed by atoms with Crippen molar-refractivity contribution in [2.45, 2.75) is 25.6 Å². The molecule has 0 aromatic carbocycles. The average molecular weight is 227 g/mol. The van der Waals surface area contributed by atoms with Crippen molar-refractivity contribution >= 4 is 11.7 Å². The Hall–Kier alpha value is -1.56. The summed E-state index contributed by atoms with van der Waals surface area (Å²) in [5.41, 5.74) is 0.387. The van der Waals surface area contributed by atoms with Gasteiger partial charge in [0, 0.05) is 0 Å². The lowest BCUT2D eigenvalue weighted by atomic mass is 9.85. The fraction of sp³-hybridized carbons (Fsp3) is 0.600. The highest BCUT2D eigenvalue weighted by atomic mass is 16.8. The minimum Gasteiger partial charge on any atom is -0.492 e. The minimum absolute atomic E-state index is 0.387. The van der Waals surface area contributed by atoms with Gasteiger partial charge in [-0.05, 0) is 25.8 Å². The predicted octanol–water partition coefficient (Wildman–Crippen LogP) is 0.476. The van der Waals surface area contributed by atoms with Crippen LogP contribution in [0.3, 0.4) is 0 Å². The van der Waals surface area contributed by atoms with Gasteiger partial charge in [0.2, 0.25) is 0 Å². The molecule has 2 atom stereocenters. The molecule has 88 valence electrons. The van der Waals surface area contributed by atoms with Crippen LogP contribution in [0.1, 0.15) is 19.8 Å². The Morgan fingerprint density at radius 2 is 2.56 bits per heavy atom. The van der Waals surface area contributed by atoms with Gasteiger partial charge in [-0.1, -0.05) is 5.16 Å². The molecule has 0 bridgehead atoms. The predicted molar refractivity (Wildman–Crippen MR) is 53.5 cm³/mol. The van der Waals surface area contributed by atoms with E-state index in [4.69, 9.17) is 9.84 Å². The number of aliphatic hydroxyl groups is 1. The number of oxime groups is 1. The van der Waals surface area contributed by atoms with E-state index in [1.807, 2.05) is 13.0 Å². The van der Waals surface area contributed by atoms with Crippen molar-refractivity contribution in [2.75, 3.05) is 6.61 Å². The zero-order chi connectivity index (χ0) is 11.8. The fourth-order valence-electron chi connectivity index (χ4n) is 1.94. The SMILES string of the molecule is CCOC1=CCCC2C1=NOC2(O)C(=O)O. The zero-order valence-corrected chi connectivity index (χ0v) is 8.84. The Balaban J connectivity index is 2.26. The molecule has 0 aromatic rings. The van der Waals surface area contributed by atoms with Crippen molar-refractivity contribution in [3.05, 3.63) is 11.8 Å². The van der Waals surface area contributed by atoms with Gasteiger partial charge in [-0.15, -0.1) is 0 Å². The molecular formula is C10H13NO5. The van der Waals surface area contributed by atoms with Crippen molar-refractivity contribution in [1.29, 1.82) is 0 Å². The number of carboxylic acid groups (broad SMARTS) is 1. The first-order valence-corrected chi connectivity index (χ1v) is 5.14. The van der Waals surface area contributed by atoms with Crippen LogP contribution in [-0.2, 0) is 14.4 Å². The third-order valence-electron chi connectivity index (χ3n) is 2.73. The second-order valence-corrected chi connectivity index (χ2v) is 3.70. The maximum Gasteiger partial charge on any atom is 0.380 e. The number of hydrogen-bond acceptors (Lipinski definition) is 5. The highest BCUT2D eigenvalue weighted by molar-refractivity contribution is 6.04. The van der Waals surface area contributed by atoms with Gasteiger partial charge >= 0.3 is 11.8 Å². The average Bonchev–Trinajstić information content (AvgIpc) is 2.60. The van der Waals surface area contributed by atoms with E-state index in [1.54, 1.807) is 0 Å². The molecule has 0 amide bonds. The van der Waals surface area contributed by atoms with Gasteiger partial charge in [0.1, 0.15) is 11.5 Å². The summed E-state index contributed by atoms with van der Waals surface area (Å²) in [6.45, 7) is 2.29. The molecule has 1 aliphatic heterocycles. The van der Waals surface area contributed by atoms with Crippen LogP contribution in [0.15, 0.2) is 17.0 Å². The Morgan fingerprint density at radius 1 is 1.81 bits per heavy atom. The fourth-order valence-corrected chi connectivity index (χ4v) is 1.94. The molecule has 2 N–H and O–H groups in total. The molecule has 6 heteroatoms. The van der Waals surface area contributed by atoms with E-state index in [9.17, 15) is 9.90 Å². The van der Waals surface area contributed by atoms with Crippen LogP contribution in [0, 0.1) is 5.92 Å². The third-order valence-corrected chi connectivity index (χ3v) is 2.73. The molecular weight excluding hydrogens is 214 g/mol. The Kier molecular flexibility index (Phi) is 2.59. The number of hydrogen-bond donors (Lipinski definition) is 2. The van der Waals surface area contributed by atoms with E-state index in [2.05, 4.69) is 9.99 Å². The molecule has 0 aromatic heterocycles. The first-order valence-electron chi connectivity index (χ1n) is 5.14. The smallest absolute Gasteiger partial charge is 0.380 e. The van der Waals surface area contributed by atoms with Crippen LogP contribution in [0.5, 0.6) is 0 Å². The van der Waals surface area contributed by atoms with E-state index < -0.39 is 17.7 Å². The molecule has 0 radical (unpaired) electrons. The van der Waals surface area contributed by atoms with E-state index in [1.165, 1.54) is 0 Å². The van der Waals surface area contributed by atoms with Crippen molar-refractivity contribution in [2.24, 2.45) is 11.1 Å². The van der Waals surface area contributed by atoms with Gasteiger partial charge in [-0.2, -0.15) is 0 Å². The molecule has 1 aliphatic carbocycles. The topological polar surface area (TPSA) is 88.4 Å². The van der Waals surface area contributed by atoms with Gasteiger partial charge in [-0.3, -0.25) is 0 Å². The third kappa shape index (κ3) is 1.46. The van der Waals surface area contributed by atoms with Crippen LogP contribution in [0.25, 0.3) is 0 Å². The number of rotatable bonds is 3. The van der Waals surface area contributed by atoms with Crippen LogP contribution in [-0.4, -0.2) is 34.3 Å². The van der Waals surface area contributed by atoms with Gasteiger partial charge in [0.05, 0.1) is 12.5 Å². The Morgan fingerprint density at radius 3 is 3.19 bits per heavy atom. The molecule has 0 saturated heterocycles. The molecule has 2 unspecified atom stereocenters. The normalized spacial score (nSPS) is 32.2. The van der Waals surface area contributed by atoms with Crippen molar-refractivity contribution in [3.8, 4) is 0 Å². The second-order valence-electron chi connectivity index (χ2n) is 3.70. The lowest BCUT2D eigenvalue weighted by Crippen LogP contribution is -2.47. The summed E-state index contributed by atoms with van der Waals surface area (Å²) in [4.78, 5) is 15.6. The first-order chi connectivity index (χ1) is 7.59. The van der Waals surface area contributed by atoms with E-state index in [-0.39, 0.29) is 0 Å². The molecule has 0 saturated carbocycles. The molecule has 2 rings (SSSR count). The van der Waals surface area contributed by atoms with Crippen molar-refractivity contribution < 1.29 is 24.6 Å². The Bertz CT molecular complexity index is 375. The monoisotopic (exact) mass is 227 g/mol. The van der Waals surface area contributed by atoms with Gasteiger partial charge < -0.3 is 19.8 Å². The summed E-state index contributed by atoms with van der Waals surface area (Å²) in [6.07, 6.45) is 2.95. The molecule has 6 nitrogen and oxygen atoms in total. The molecule has 0 spiro atoms. The van der Waals surface area contributed by atoms with Crippen LogP contribution in [0.4, 0.5) is 0 Å². The van der Waals surface area contributed by atoms with Crippen LogP contribution < -0.4 is 0 Å². The van der Waals surface area contributed by atoms with Crippen molar-refractivity contribution in [3.63, 3.8) is 0 Å². The largest absolute Gasteiger partial charge is 0.492 e. The molecule has 2 aliphatic rings. The first kappa shape index (κ1) is 10.9. The molecule has 16 heavy (non-hydrogen) atoms. The lowest BCUT2D eigenvalue weighted by Gasteiger charge is -2.25. The van der Waals surface area contributed by atoms with E-state index >= 15 is 0 Å². The van der Waals surface area contributed by atoms with Crippen molar-refractivity contribution in [1.82, 2.24) is 0 Å². The van der Waals surface area contributed by atoms with Crippen LogP contribution in [0.2, 0.25) is 0 Å². The minimum atomic E-state index is -2.24. The summed E-state index contributed by atoms with van der Waals surface area (Å²) in [6, 6.07) is 0. The maximum atomic E-state index is 10.9. The number of aliphatic carboxylic acids is 1. The van der Waals surface area contributed by atoms with Crippen LogP contribution >= 0.6 is 0 Å². The number of allylic oxidation sites excluding steroid dienone is 2. The summed E-state index contributed by atoms with van der Waals surface area (Å²) in [5.74, 6) is -3.81. The number of carbonyl (C=O) groups is 1. The van der Waals surface area contributed by atoms with E-state index in [0.717, 1.165) is 0 Å². The summed E-state index contributed by atoms with van der Waals surface area (Å²) in [5, 5.41) is 22.4. The standard InChI is InChI=1S/C10H13NO5/c1-2-15-7-5-3-4-6-8(7)11-16-10(6,14)9(12)13/h5-6,14H,2-4H2,1H3,(H,12,13). The quantitative estimate of drug-likeness (QED) is 0.731. The van der Waals surface area contributed by atoms with Gasteiger partial charge in [0.15, 0.2) is 0 Å². The number of nitrogens with zero attached hydrogens (tertiary/aromatic N) is 1. The zero-order valence-electron chi connectivity index (χ0n) is 8.84. The highest BCUT2D eigenvalue weighted by Gasteiger charge is 2.55. The molecule has 0 fully saturated rings. The lowest BCUT2D eigenvalue weighted by molar-refractivity contribution is -0.226. The van der Waals surface area contributed by atoms with Gasteiger partial charge in [0.25, 0.3) is 0 Å². The number of fused-ring (bicyclic) bond motifs is 1. The highest BCUT2D eigenvalue weighted by Crippen LogP contribution is 2.37. The van der Waals surface area contributed by atoms with Gasteiger partial charge in [-0.25, -0.2) is 4.79 Å². The second kappa shape index (κ2) is 3.79. The summed E-state index contributed by atoms with van der Waals surface area (Å²) in [7, 11) is 0. The Labute approximate surface area is 92.1 Å². The molecule has 1 heterocycles. The number of carboxylic acids is 1. The maximum absolute atomic E-state index is 10.9. The summed E-state index contributed by atoms with van der Waals surface area (Å²) < 4.78 is 5.32.